The minimum absolute atomic E-state index is 1.22. The topological polar surface area (TPSA) is 8.81 Å². The summed E-state index contributed by atoms with van der Waals surface area (Å²) < 4.78 is 5.21. The molecule has 0 unspecified atom stereocenters. The number of hydrogen-bond acceptors (Lipinski definition) is 0. The van der Waals surface area contributed by atoms with Gasteiger partial charge in [0.15, 0.2) is 0 Å². The Kier molecular flexibility index (Phi) is 22.9. The van der Waals surface area contributed by atoms with Crippen molar-refractivity contribution in [2.24, 2.45) is 0 Å². The summed E-state index contributed by atoms with van der Waals surface area (Å²) in [7, 11) is 0. The monoisotopic (exact) mass is 490 g/mol. The highest BCUT2D eigenvalue weighted by molar-refractivity contribution is 4.84. The highest BCUT2D eigenvalue weighted by Gasteiger charge is 2.16. The molecule has 1 rings (SSSR count). The van der Waals surface area contributed by atoms with Gasteiger partial charge in [0.1, 0.15) is 12.4 Å². The molecule has 0 aromatic carbocycles. The predicted molar refractivity (Wildman–Crippen MR) is 156 cm³/mol. The number of aryl methyl sites for hydroxylation is 2. The van der Waals surface area contributed by atoms with Gasteiger partial charge in [-0.2, -0.15) is 0 Å². The number of rotatable bonds is 27. The van der Waals surface area contributed by atoms with Crippen LogP contribution < -0.4 is 4.57 Å². The summed E-state index contributed by atoms with van der Waals surface area (Å²) in [6, 6.07) is 0. The summed E-state index contributed by atoms with van der Waals surface area (Å²) in [5.74, 6) is 1.61. The lowest BCUT2D eigenvalue weighted by Gasteiger charge is -2.07. The lowest BCUT2D eigenvalue weighted by Crippen LogP contribution is -2.37. The fourth-order valence-corrected chi connectivity index (χ4v) is 5.44. The average molecular weight is 490 g/mol. The molecule has 0 aliphatic carbocycles. The quantitative estimate of drug-likeness (QED) is 0.0858. The van der Waals surface area contributed by atoms with E-state index in [-0.39, 0.29) is 0 Å². The van der Waals surface area contributed by atoms with Crippen LogP contribution in [0.1, 0.15) is 181 Å². The molecule has 0 aliphatic rings. The third-order valence-corrected chi connectivity index (χ3v) is 7.85. The van der Waals surface area contributed by atoms with E-state index in [1.165, 1.54) is 174 Å². The van der Waals surface area contributed by atoms with Crippen molar-refractivity contribution in [2.45, 2.75) is 194 Å². The summed E-state index contributed by atoms with van der Waals surface area (Å²) in [6.45, 7) is 9.38. The van der Waals surface area contributed by atoms with Gasteiger partial charge in [-0.25, -0.2) is 9.13 Å². The van der Waals surface area contributed by atoms with Crippen LogP contribution in [0.2, 0.25) is 0 Å². The molecule has 0 atom stereocenters. The SMILES string of the molecule is CCCCCCCCCCCCCCC[n+]1ccn(CCCCCCC)c1CCCCCCCC. The van der Waals surface area contributed by atoms with Crippen molar-refractivity contribution in [3.8, 4) is 0 Å². The lowest BCUT2D eigenvalue weighted by molar-refractivity contribution is -0.704. The Morgan fingerprint density at radius 2 is 0.886 bits per heavy atom. The van der Waals surface area contributed by atoms with Crippen molar-refractivity contribution in [1.29, 1.82) is 0 Å². The summed E-state index contributed by atoms with van der Waals surface area (Å²) in [6.07, 6.45) is 40.0. The Balaban J connectivity index is 2.24. The number of nitrogens with zero attached hydrogens (tertiary/aromatic N) is 2. The molecule has 1 aromatic rings. The molecular weight excluding hydrogens is 424 g/mol. The summed E-state index contributed by atoms with van der Waals surface area (Å²) in [5.41, 5.74) is 0. The standard InChI is InChI=1S/C33H65N2/c1-4-7-10-13-15-16-17-18-19-20-21-24-27-30-35-32-31-34(29-26-23-12-9-6-3)33(35)28-25-22-14-11-8-5-2/h31-32H,4-30H2,1-3H3/q+1. The van der Waals surface area contributed by atoms with E-state index in [0.29, 0.717) is 0 Å². The summed E-state index contributed by atoms with van der Waals surface area (Å²) in [4.78, 5) is 0. The van der Waals surface area contributed by atoms with Crippen LogP contribution >= 0.6 is 0 Å². The van der Waals surface area contributed by atoms with Crippen molar-refractivity contribution in [3.05, 3.63) is 18.2 Å². The predicted octanol–water partition coefficient (Wildman–Crippen LogP) is 10.7. The van der Waals surface area contributed by atoms with Crippen LogP contribution in [0.25, 0.3) is 0 Å². The summed E-state index contributed by atoms with van der Waals surface area (Å²) in [5, 5.41) is 0. The minimum Gasteiger partial charge on any atom is -0.234 e. The smallest absolute Gasteiger partial charge is 0.234 e. The number of imidazole rings is 1. The fourth-order valence-electron chi connectivity index (χ4n) is 5.44. The first kappa shape index (κ1) is 32.2. The van der Waals surface area contributed by atoms with Gasteiger partial charge >= 0.3 is 0 Å². The maximum absolute atomic E-state index is 2.61. The third-order valence-electron chi connectivity index (χ3n) is 7.85. The van der Waals surface area contributed by atoms with E-state index >= 15 is 0 Å². The van der Waals surface area contributed by atoms with Gasteiger partial charge in [-0.05, 0) is 32.1 Å². The molecule has 1 aromatic heterocycles. The molecule has 0 radical (unpaired) electrons. The zero-order valence-electron chi connectivity index (χ0n) is 24.6. The maximum Gasteiger partial charge on any atom is 0.256 e. The van der Waals surface area contributed by atoms with Gasteiger partial charge in [0.05, 0.1) is 13.1 Å². The first-order valence-corrected chi connectivity index (χ1v) is 16.4. The second kappa shape index (κ2) is 24.9. The molecular formula is C33H65N2+. The van der Waals surface area contributed by atoms with Crippen molar-refractivity contribution < 1.29 is 4.57 Å². The molecule has 0 saturated carbocycles. The molecule has 0 amide bonds. The molecule has 0 bridgehead atoms. The molecule has 0 aliphatic heterocycles. The molecule has 0 saturated heterocycles. The zero-order valence-corrected chi connectivity index (χ0v) is 24.6. The van der Waals surface area contributed by atoms with E-state index in [1.54, 1.807) is 5.82 Å². The Morgan fingerprint density at radius 1 is 0.486 bits per heavy atom. The van der Waals surface area contributed by atoms with Crippen LogP contribution in [0.3, 0.4) is 0 Å². The Morgan fingerprint density at radius 3 is 1.37 bits per heavy atom. The number of unbranched alkanes of at least 4 members (excludes halogenated alkanes) is 21. The Labute approximate surface area is 221 Å². The van der Waals surface area contributed by atoms with Crippen LogP contribution in [0.15, 0.2) is 12.4 Å². The van der Waals surface area contributed by atoms with E-state index in [9.17, 15) is 0 Å². The van der Waals surface area contributed by atoms with Gasteiger partial charge < -0.3 is 0 Å². The highest BCUT2D eigenvalue weighted by Crippen LogP contribution is 2.14. The molecule has 2 nitrogen and oxygen atoms in total. The van der Waals surface area contributed by atoms with Gasteiger partial charge in [0.25, 0.3) is 5.82 Å². The van der Waals surface area contributed by atoms with E-state index in [0.717, 1.165) is 0 Å². The normalized spacial score (nSPS) is 11.5. The molecule has 0 spiro atoms. The summed E-state index contributed by atoms with van der Waals surface area (Å²) >= 11 is 0. The molecule has 206 valence electrons. The van der Waals surface area contributed by atoms with Gasteiger partial charge in [-0.15, -0.1) is 0 Å². The first-order valence-electron chi connectivity index (χ1n) is 16.4. The van der Waals surface area contributed by atoms with E-state index < -0.39 is 0 Å². The third kappa shape index (κ3) is 18.2. The van der Waals surface area contributed by atoms with Crippen LogP contribution in [0, 0.1) is 0 Å². The van der Waals surface area contributed by atoms with Crippen molar-refractivity contribution in [2.75, 3.05) is 0 Å². The van der Waals surface area contributed by atoms with E-state index in [1.807, 2.05) is 0 Å². The van der Waals surface area contributed by atoms with Crippen molar-refractivity contribution in [1.82, 2.24) is 4.57 Å². The largest absolute Gasteiger partial charge is 0.256 e. The molecule has 1 heterocycles. The average Bonchev–Trinajstić information content (AvgIpc) is 3.25. The van der Waals surface area contributed by atoms with Gasteiger partial charge in [0, 0.05) is 6.42 Å². The second-order valence-electron chi connectivity index (χ2n) is 11.3. The van der Waals surface area contributed by atoms with Crippen LogP contribution in [-0.2, 0) is 19.5 Å². The zero-order chi connectivity index (χ0) is 25.2. The van der Waals surface area contributed by atoms with Crippen molar-refractivity contribution in [3.63, 3.8) is 0 Å². The second-order valence-corrected chi connectivity index (χ2v) is 11.3. The van der Waals surface area contributed by atoms with E-state index in [2.05, 4.69) is 42.3 Å². The molecule has 0 N–H and O–H groups in total. The molecule has 2 heteroatoms. The van der Waals surface area contributed by atoms with Gasteiger partial charge in [-0.1, -0.05) is 143 Å². The molecule has 0 fully saturated rings. The number of aromatic nitrogens is 2. The van der Waals surface area contributed by atoms with Crippen LogP contribution in [-0.4, -0.2) is 4.57 Å². The van der Waals surface area contributed by atoms with Crippen LogP contribution in [0.4, 0.5) is 0 Å². The Hall–Kier alpha value is -0.790. The first-order chi connectivity index (χ1) is 17.3. The minimum atomic E-state index is 1.22. The molecule has 35 heavy (non-hydrogen) atoms. The van der Waals surface area contributed by atoms with Gasteiger partial charge in [-0.3, -0.25) is 0 Å². The van der Waals surface area contributed by atoms with Crippen LogP contribution in [0.5, 0.6) is 0 Å². The van der Waals surface area contributed by atoms with E-state index in [4.69, 9.17) is 0 Å². The van der Waals surface area contributed by atoms with Gasteiger partial charge in [0.2, 0.25) is 0 Å². The number of hydrogen-bond donors (Lipinski definition) is 0. The highest BCUT2D eigenvalue weighted by atomic mass is 15.1. The maximum atomic E-state index is 2.61. The van der Waals surface area contributed by atoms with Crippen molar-refractivity contribution >= 4 is 0 Å². The fraction of sp³-hybridized carbons (Fsp3) is 0.909. The lowest BCUT2D eigenvalue weighted by atomic mass is 10.0. The Bertz CT molecular complexity index is 547.